The van der Waals surface area contributed by atoms with E-state index in [1.54, 1.807) is 24.3 Å². The third-order valence-corrected chi connectivity index (χ3v) is 3.64. The highest BCUT2D eigenvalue weighted by Gasteiger charge is 2.04. The summed E-state index contributed by atoms with van der Waals surface area (Å²) in [6.45, 7) is 2.11. The second kappa shape index (κ2) is 8.11. The third kappa shape index (κ3) is 4.80. The van der Waals surface area contributed by atoms with Gasteiger partial charge in [-0.25, -0.2) is 9.82 Å². The molecule has 0 fully saturated rings. The van der Waals surface area contributed by atoms with Crippen LogP contribution in [0, 0.1) is 12.7 Å². The number of aryl methyl sites for hydroxylation is 1. The van der Waals surface area contributed by atoms with Crippen LogP contribution in [0.1, 0.15) is 11.3 Å². The van der Waals surface area contributed by atoms with Crippen molar-refractivity contribution in [2.45, 2.75) is 6.92 Å². The summed E-state index contributed by atoms with van der Waals surface area (Å²) in [7, 11) is 0. The number of carbonyl (C=O) groups excluding carboxylic acids is 1. The number of benzene rings is 2. The highest BCUT2D eigenvalue weighted by Crippen LogP contribution is 2.21. The van der Waals surface area contributed by atoms with Gasteiger partial charge in [-0.15, -0.1) is 0 Å². The Morgan fingerprint density at radius 2 is 1.81 bits per heavy atom. The second-order valence-electron chi connectivity index (χ2n) is 5.72. The van der Waals surface area contributed by atoms with Crippen molar-refractivity contribution in [2.24, 2.45) is 5.10 Å². The number of hydrogen-bond donors (Lipinski definition) is 2. The van der Waals surface area contributed by atoms with Crippen LogP contribution in [0.2, 0.25) is 0 Å². The Morgan fingerprint density at radius 1 is 1.08 bits per heavy atom. The summed E-state index contributed by atoms with van der Waals surface area (Å²) < 4.78 is 18.5. The first-order valence-corrected chi connectivity index (χ1v) is 8.08. The molecule has 5 nitrogen and oxygen atoms in total. The van der Waals surface area contributed by atoms with Gasteiger partial charge in [-0.1, -0.05) is 17.7 Å². The predicted molar refractivity (Wildman–Crippen MR) is 99.5 cm³/mol. The van der Waals surface area contributed by atoms with Gasteiger partial charge >= 0.3 is 0 Å². The lowest BCUT2D eigenvalue weighted by molar-refractivity contribution is -0.119. The summed E-state index contributed by atoms with van der Waals surface area (Å²) in [5, 5.41) is 6.88. The topological polar surface area (TPSA) is 66.6 Å². The monoisotopic (exact) mass is 351 g/mol. The molecule has 3 aromatic rings. The van der Waals surface area contributed by atoms with E-state index in [4.69, 9.17) is 4.42 Å². The molecular formula is C20H18FN3O2. The lowest BCUT2D eigenvalue weighted by atomic mass is 10.2. The molecule has 6 heteroatoms. The first kappa shape index (κ1) is 17.4. The van der Waals surface area contributed by atoms with E-state index in [1.807, 2.05) is 31.2 Å². The van der Waals surface area contributed by atoms with Gasteiger partial charge < -0.3 is 9.73 Å². The van der Waals surface area contributed by atoms with E-state index in [1.165, 1.54) is 18.3 Å². The van der Waals surface area contributed by atoms with Gasteiger partial charge in [0.2, 0.25) is 0 Å². The molecule has 0 saturated heterocycles. The van der Waals surface area contributed by atoms with Crippen LogP contribution >= 0.6 is 0 Å². The number of nitrogens with one attached hydrogen (secondary N) is 2. The van der Waals surface area contributed by atoms with E-state index < -0.39 is 0 Å². The van der Waals surface area contributed by atoms with Crippen molar-refractivity contribution in [3.05, 3.63) is 77.8 Å². The summed E-state index contributed by atoms with van der Waals surface area (Å²) in [6.07, 6.45) is 1.41. The zero-order valence-electron chi connectivity index (χ0n) is 14.2. The number of hydrogen-bond acceptors (Lipinski definition) is 4. The van der Waals surface area contributed by atoms with Crippen LogP contribution in [0.3, 0.4) is 0 Å². The van der Waals surface area contributed by atoms with Crippen LogP contribution in [0.15, 0.2) is 70.2 Å². The number of carbonyl (C=O) groups is 1. The van der Waals surface area contributed by atoms with Gasteiger partial charge in [0.15, 0.2) is 0 Å². The van der Waals surface area contributed by atoms with Crippen LogP contribution in [-0.2, 0) is 4.79 Å². The molecule has 2 aromatic carbocycles. The smallest absolute Gasteiger partial charge is 0.259 e. The average Bonchev–Trinajstić information content (AvgIpc) is 3.11. The summed E-state index contributed by atoms with van der Waals surface area (Å²) in [6, 6.07) is 17.2. The number of halogens is 1. The Morgan fingerprint density at radius 3 is 2.54 bits per heavy atom. The molecule has 0 atom stereocenters. The van der Waals surface area contributed by atoms with Gasteiger partial charge in [0, 0.05) is 11.3 Å². The van der Waals surface area contributed by atoms with Crippen LogP contribution < -0.4 is 10.7 Å². The van der Waals surface area contributed by atoms with Crippen molar-refractivity contribution in [2.75, 3.05) is 11.9 Å². The maximum atomic E-state index is 12.9. The molecule has 132 valence electrons. The standard InChI is InChI=1S/C20H18FN3O2/c1-14-2-8-17(9-3-14)22-13-20(25)24-23-12-18-10-11-19(26-18)15-4-6-16(21)7-5-15/h2-12,22H,13H2,1H3,(H,24,25)/b23-12-. The molecule has 0 aliphatic heterocycles. The maximum Gasteiger partial charge on any atom is 0.259 e. The minimum atomic E-state index is -0.302. The van der Waals surface area contributed by atoms with E-state index in [2.05, 4.69) is 15.8 Å². The molecule has 0 aliphatic carbocycles. The van der Waals surface area contributed by atoms with Gasteiger partial charge in [0.05, 0.1) is 12.8 Å². The van der Waals surface area contributed by atoms with Gasteiger partial charge in [0.25, 0.3) is 5.91 Å². The van der Waals surface area contributed by atoms with E-state index in [0.29, 0.717) is 11.5 Å². The van der Waals surface area contributed by atoms with Crippen LogP contribution in [0.25, 0.3) is 11.3 Å². The molecule has 0 unspecified atom stereocenters. The lowest BCUT2D eigenvalue weighted by Gasteiger charge is -2.05. The molecule has 2 N–H and O–H groups in total. The van der Waals surface area contributed by atoms with Crippen molar-refractivity contribution in [1.82, 2.24) is 5.43 Å². The lowest BCUT2D eigenvalue weighted by Crippen LogP contribution is -2.25. The molecule has 0 spiro atoms. The van der Waals surface area contributed by atoms with Gasteiger partial charge in [-0.3, -0.25) is 4.79 Å². The summed E-state index contributed by atoms with van der Waals surface area (Å²) in [4.78, 5) is 11.8. The summed E-state index contributed by atoms with van der Waals surface area (Å²) >= 11 is 0. The predicted octanol–water partition coefficient (Wildman–Crippen LogP) is 3.96. The van der Waals surface area contributed by atoms with Crippen LogP contribution in [0.5, 0.6) is 0 Å². The first-order chi connectivity index (χ1) is 12.6. The zero-order valence-corrected chi connectivity index (χ0v) is 14.2. The summed E-state index contributed by atoms with van der Waals surface area (Å²) in [5.74, 6) is 0.506. The van der Waals surface area contributed by atoms with Gasteiger partial charge in [-0.2, -0.15) is 5.10 Å². The number of nitrogens with zero attached hydrogens (tertiary/aromatic N) is 1. The van der Waals surface area contributed by atoms with E-state index in [9.17, 15) is 9.18 Å². The minimum absolute atomic E-state index is 0.111. The average molecular weight is 351 g/mol. The van der Waals surface area contributed by atoms with E-state index in [0.717, 1.165) is 16.8 Å². The number of amides is 1. The molecule has 1 aromatic heterocycles. The largest absolute Gasteiger partial charge is 0.455 e. The fourth-order valence-electron chi connectivity index (χ4n) is 2.25. The molecular weight excluding hydrogens is 333 g/mol. The van der Waals surface area contributed by atoms with E-state index in [-0.39, 0.29) is 18.3 Å². The molecule has 0 saturated carbocycles. The Balaban J connectivity index is 1.49. The van der Waals surface area contributed by atoms with Gasteiger partial charge in [0.1, 0.15) is 17.3 Å². The van der Waals surface area contributed by atoms with Crippen LogP contribution in [0.4, 0.5) is 10.1 Å². The van der Waals surface area contributed by atoms with Gasteiger partial charge in [-0.05, 0) is 55.5 Å². The Labute approximate surface area is 150 Å². The number of hydrazone groups is 1. The molecule has 0 aliphatic rings. The molecule has 0 bridgehead atoms. The Hall–Kier alpha value is -3.41. The Bertz CT molecular complexity index is 900. The second-order valence-corrected chi connectivity index (χ2v) is 5.72. The quantitative estimate of drug-likeness (QED) is 0.522. The molecule has 1 amide bonds. The molecule has 3 rings (SSSR count). The van der Waals surface area contributed by atoms with E-state index >= 15 is 0 Å². The normalized spacial score (nSPS) is 10.8. The van der Waals surface area contributed by atoms with Crippen molar-refractivity contribution < 1.29 is 13.6 Å². The Kier molecular flexibility index (Phi) is 5.43. The molecule has 26 heavy (non-hydrogen) atoms. The molecule has 1 heterocycles. The number of rotatable bonds is 6. The maximum absolute atomic E-state index is 12.9. The van der Waals surface area contributed by atoms with Crippen molar-refractivity contribution in [1.29, 1.82) is 0 Å². The molecule has 0 radical (unpaired) electrons. The van der Waals surface area contributed by atoms with Crippen molar-refractivity contribution in [3.63, 3.8) is 0 Å². The van der Waals surface area contributed by atoms with Crippen molar-refractivity contribution >= 4 is 17.8 Å². The van der Waals surface area contributed by atoms with Crippen LogP contribution in [-0.4, -0.2) is 18.7 Å². The fourth-order valence-corrected chi connectivity index (χ4v) is 2.25. The number of anilines is 1. The highest BCUT2D eigenvalue weighted by atomic mass is 19.1. The summed E-state index contributed by atoms with van der Waals surface area (Å²) in [5.41, 5.74) is 5.21. The SMILES string of the molecule is Cc1ccc(NCC(=O)N/N=C\c2ccc(-c3ccc(F)cc3)o2)cc1. The van der Waals surface area contributed by atoms with Crippen molar-refractivity contribution in [3.8, 4) is 11.3 Å². The zero-order chi connectivity index (χ0) is 18.4. The highest BCUT2D eigenvalue weighted by molar-refractivity contribution is 5.83. The first-order valence-electron chi connectivity index (χ1n) is 8.08. The fraction of sp³-hybridized carbons (Fsp3) is 0.100. The number of furan rings is 1. The minimum Gasteiger partial charge on any atom is -0.455 e. The third-order valence-electron chi connectivity index (χ3n) is 3.64.